The molecule has 1 saturated heterocycles. The number of carbonyl (C=O) groups is 2. The third-order valence-electron chi connectivity index (χ3n) is 10.9. The molecule has 6 nitrogen and oxygen atoms in total. The molecule has 0 bridgehead atoms. The number of urea groups is 1. The summed E-state index contributed by atoms with van der Waals surface area (Å²) in [6.07, 6.45) is 10.6. The van der Waals surface area contributed by atoms with Crippen molar-refractivity contribution in [3.05, 3.63) is 0 Å². The summed E-state index contributed by atoms with van der Waals surface area (Å²) < 4.78 is 0. The van der Waals surface area contributed by atoms with Crippen LogP contribution in [-0.2, 0) is 4.79 Å². The second-order valence-electron chi connectivity index (χ2n) is 12.6. The van der Waals surface area contributed by atoms with E-state index in [-0.39, 0.29) is 17.4 Å². The Morgan fingerprint density at radius 2 is 1.64 bits per heavy atom. The number of nitrogens with one attached hydrogen (secondary N) is 1. The zero-order chi connectivity index (χ0) is 23.4. The second kappa shape index (κ2) is 8.82. The molecular formula is C27H45N3O3. The Kier molecular flexibility index (Phi) is 6.30. The summed E-state index contributed by atoms with van der Waals surface area (Å²) in [5, 5.41) is 13.3. The van der Waals surface area contributed by atoms with Crippen LogP contribution >= 0.6 is 0 Å². The van der Waals surface area contributed by atoms with E-state index in [9.17, 15) is 14.7 Å². The van der Waals surface area contributed by atoms with Gasteiger partial charge in [0.25, 0.3) is 0 Å². The Morgan fingerprint density at radius 1 is 0.909 bits per heavy atom. The number of carbonyl (C=O) groups excluding carboxylic acids is 2. The lowest BCUT2D eigenvalue weighted by molar-refractivity contribution is -0.133. The number of fused-ring (bicyclic) bond motifs is 5. The van der Waals surface area contributed by atoms with E-state index in [0.717, 1.165) is 50.1 Å². The molecule has 2 N–H and O–H groups in total. The molecule has 0 aromatic rings. The third-order valence-corrected chi connectivity index (χ3v) is 10.9. The first-order chi connectivity index (χ1) is 15.7. The van der Waals surface area contributed by atoms with Gasteiger partial charge in [-0.3, -0.25) is 9.69 Å². The summed E-state index contributed by atoms with van der Waals surface area (Å²) in [5.74, 6) is 4.51. The number of hydrogen-bond acceptors (Lipinski definition) is 4. The average Bonchev–Trinajstić information content (AvgIpc) is 3.15. The molecule has 0 aromatic carbocycles. The van der Waals surface area contributed by atoms with Gasteiger partial charge in [-0.05, 0) is 99.7 Å². The van der Waals surface area contributed by atoms with Crippen LogP contribution in [0.1, 0.15) is 71.6 Å². The minimum atomic E-state index is -0.451. The molecule has 4 saturated carbocycles. The number of amides is 2. The van der Waals surface area contributed by atoms with Crippen LogP contribution in [0.25, 0.3) is 0 Å². The predicted molar refractivity (Wildman–Crippen MR) is 129 cm³/mol. The fourth-order valence-electron chi connectivity index (χ4n) is 9.21. The molecule has 8 unspecified atom stereocenters. The van der Waals surface area contributed by atoms with Crippen molar-refractivity contribution in [2.75, 3.05) is 39.8 Å². The number of piperazine rings is 1. The minimum Gasteiger partial charge on any atom is -0.390 e. The van der Waals surface area contributed by atoms with E-state index in [1.165, 1.54) is 38.5 Å². The van der Waals surface area contributed by atoms with Crippen molar-refractivity contribution in [3.63, 3.8) is 0 Å². The molecule has 8 atom stereocenters. The van der Waals surface area contributed by atoms with Crippen LogP contribution < -0.4 is 5.32 Å². The first-order valence-corrected chi connectivity index (χ1v) is 13.7. The third kappa shape index (κ3) is 4.24. The van der Waals surface area contributed by atoms with Gasteiger partial charge >= 0.3 is 6.03 Å². The number of hydrogen-bond donors (Lipinski definition) is 2. The first kappa shape index (κ1) is 23.6. The van der Waals surface area contributed by atoms with Crippen LogP contribution in [0.5, 0.6) is 0 Å². The fraction of sp³-hybridized carbons (Fsp3) is 0.926. The average molecular weight is 460 g/mol. The maximum absolute atomic E-state index is 13.5. The molecule has 2 amide bonds. The fourth-order valence-corrected chi connectivity index (χ4v) is 9.21. The molecule has 0 spiro atoms. The zero-order valence-electron chi connectivity index (χ0n) is 21.0. The second-order valence-corrected chi connectivity index (χ2v) is 12.6. The van der Waals surface area contributed by atoms with Gasteiger partial charge in [0.15, 0.2) is 0 Å². The van der Waals surface area contributed by atoms with Gasteiger partial charge in [-0.2, -0.15) is 0 Å². The maximum Gasteiger partial charge on any atom is 0.317 e. The van der Waals surface area contributed by atoms with Crippen molar-refractivity contribution in [2.24, 2.45) is 40.9 Å². The molecule has 5 fully saturated rings. The Morgan fingerprint density at radius 3 is 2.36 bits per heavy atom. The summed E-state index contributed by atoms with van der Waals surface area (Å²) in [4.78, 5) is 29.5. The maximum atomic E-state index is 13.5. The molecule has 1 heterocycles. The molecule has 0 radical (unpaired) electrons. The van der Waals surface area contributed by atoms with Crippen LogP contribution in [0.3, 0.4) is 0 Å². The van der Waals surface area contributed by atoms with E-state index in [2.05, 4.69) is 17.1 Å². The Bertz CT molecular complexity index is 762. The largest absolute Gasteiger partial charge is 0.390 e. The van der Waals surface area contributed by atoms with E-state index in [1.807, 2.05) is 11.8 Å². The van der Waals surface area contributed by atoms with Crippen molar-refractivity contribution in [3.8, 4) is 0 Å². The minimum absolute atomic E-state index is 0.0137. The molecule has 5 rings (SSSR count). The SMILES string of the molecule is CNC(=O)N1CCN(CC(=O)C2CCC3C4CCC5CC(C)(O)CCC5C4CCC23C)CC1. The highest BCUT2D eigenvalue weighted by Crippen LogP contribution is 2.64. The highest BCUT2D eigenvalue weighted by molar-refractivity contribution is 5.84. The van der Waals surface area contributed by atoms with Gasteiger partial charge in [0.05, 0.1) is 12.1 Å². The van der Waals surface area contributed by atoms with E-state index >= 15 is 0 Å². The number of nitrogens with zero attached hydrogens (tertiary/aromatic N) is 2. The molecule has 33 heavy (non-hydrogen) atoms. The van der Waals surface area contributed by atoms with E-state index in [1.54, 1.807) is 7.05 Å². The lowest BCUT2D eigenvalue weighted by Crippen LogP contribution is -2.53. The van der Waals surface area contributed by atoms with Crippen LogP contribution in [-0.4, -0.2) is 72.1 Å². The Balaban J connectivity index is 1.21. The van der Waals surface area contributed by atoms with Crippen molar-refractivity contribution >= 4 is 11.8 Å². The van der Waals surface area contributed by atoms with Gasteiger partial charge < -0.3 is 15.3 Å². The van der Waals surface area contributed by atoms with Gasteiger partial charge in [-0.25, -0.2) is 4.79 Å². The molecule has 6 heteroatoms. The van der Waals surface area contributed by atoms with Crippen molar-refractivity contribution < 1.29 is 14.7 Å². The summed E-state index contributed by atoms with van der Waals surface area (Å²) in [7, 11) is 1.68. The number of aliphatic hydroxyl groups is 1. The molecule has 1 aliphatic heterocycles. The van der Waals surface area contributed by atoms with Crippen molar-refractivity contribution in [1.82, 2.24) is 15.1 Å². The van der Waals surface area contributed by atoms with E-state index in [0.29, 0.717) is 37.3 Å². The van der Waals surface area contributed by atoms with Crippen LogP contribution in [0.2, 0.25) is 0 Å². The highest BCUT2D eigenvalue weighted by Gasteiger charge is 2.58. The monoisotopic (exact) mass is 459 g/mol. The van der Waals surface area contributed by atoms with Gasteiger partial charge in [0, 0.05) is 39.1 Å². The van der Waals surface area contributed by atoms with Gasteiger partial charge in [-0.15, -0.1) is 0 Å². The topological polar surface area (TPSA) is 72.9 Å². The van der Waals surface area contributed by atoms with E-state index in [4.69, 9.17) is 0 Å². The molecular weight excluding hydrogens is 414 g/mol. The molecule has 5 aliphatic rings. The van der Waals surface area contributed by atoms with Gasteiger partial charge in [-0.1, -0.05) is 6.92 Å². The van der Waals surface area contributed by atoms with Crippen molar-refractivity contribution in [1.29, 1.82) is 0 Å². The van der Waals surface area contributed by atoms with Gasteiger partial charge in [0.2, 0.25) is 0 Å². The van der Waals surface area contributed by atoms with Crippen LogP contribution in [0.4, 0.5) is 4.79 Å². The summed E-state index contributed by atoms with van der Waals surface area (Å²) >= 11 is 0. The molecule has 0 aromatic heterocycles. The van der Waals surface area contributed by atoms with Crippen LogP contribution in [0.15, 0.2) is 0 Å². The number of ketones is 1. The quantitative estimate of drug-likeness (QED) is 0.677. The number of Topliss-reactive ketones (excluding diaryl/α,β-unsaturated/α-hetero) is 1. The smallest absolute Gasteiger partial charge is 0.317 e. The normalized spacial score (nSPS) is 45.6. The summed E-state index contributed by atoms with van der Waals surface area (Å²) in [6.45, 7) is 8.05. The lowest BCUT2D eigenvalue weighted by atomic mass is 9.49. The van der Waals surface area contributed by atoms with E-state index < -0.39 is 5.60 Å². The van der Waals surface area contributed by atoms with Gasteiger partial charge in [0.1, 0.15) is 5.78 Å². The highest BCUT2D eigenvalue weighted by atomic mass is 16.3. The zero-order valence-corrected chi connectivity index (χ0v) is 21.0. The standard InChI is InChI=1S/C27H45N3O3/c1-26(33)10-8-19-18(16-26)4-5-21-20(19)9-11-27(2)22(21)6-7-23(27)24(31)17-29-12-14-30(15-13-29)25(32)28-3/h18-23,33H,4-17H2,1-3H3,(H,28,32). The number of rotatable bonds is 3. The Hall–Kier alpha value is -1.14. The molecule has 186 valence electrons. The summed E-state index contributed by atoms with van der Waals surface area (Å²) in [6, 6.07) is -0.0137. The molecule has 4 aliphatic carbocycles. The first-order valence-electron chi connectivity index (χ1n) is 13.7. The van der Waals surface area contributed by atoms with Crippen molar-refractivity contribution in [2.45, 2.75) is 77.2 Å². The lowest BCUT2D eigenvalue weighted by Gasteiger charge is -2.57. The van der Waals surface area contributed by atoms with Crippen LogP contribution in [0, 0.1) is 40.9 Å². The predicted octanol–water partition coefficient (Wildman–Crippen LogP) is 3.53. The Labute approximate surface area is 199 Å². The summed E-state index contributed by atoms with van der Waals surface area (Å²) in [5.41, 5.74) is -0.275.